The Hall–Kier alpha value is -2.60. The number of urea groups is 1. The number of piperidine rings is 1. The summed E-state index contributed by atoms with van der Waals surface area (Å²) in [5.74, 6) is -0.525. The van der Waals surface area contributed by atoms with Crippen LogP contribution in [0.2, 0.25) is 0 Å². The highest BCUT2D eigenvalue weighted by atomic mass is 19.1. The summed E-state index contributed by atoms with van der Waals surface area (Å²) >= 11 is 0. The van der Waals surface area contributed by atoms with E-state index >= 15 is 0 Å². The van der Waals surface area contributed by atoms with Crippen LogP contribution in [-0.4, -0.2) is 48.5 Å². The second kappa shape index (κ2) is 11.1. The molecule has 1 saturated heterocycles. The number of carbonyl (C=O) groups excluding carboxylic acids is 1. The normalized spacial score (nSPS) is 22.1. The van der Waals surface area contributed by atoms with Crippen molar-refractivity contribution in [2.75, 3.05) is 26.6 Å². The summed E-state index contributed by atoms with van der Waals surface area (Å²) in [6, 6.07) is 2.40. The highest BCUT2D eigenvalue weighted by Gasteiger charge is 2.27. The molecule has 31 heavy (non-hydrogen) atoms. The molecule has 1 aliphatic rings. The van der Waals surface area contributed by atoms with Gasteiger partial charge in [-0.15, -0.1) is 0 Å². The van der Waals surface area contributed by atoms with E-state index in [1.807, 2.05) is 13.8 Å². The van der Waals surface area contributed by atoms with Crippen molar-refractivity contribution in [2.45, 2.75) is 45.8 Å². The highest BCUT2D eigenvalue weighted by Crippen LogP contribution is 2.19. The number of rotatable bonds is 8. The molecule has 1 fully saturated rings. The first-order valence-corrected chi connectivity index (χ1v) is 10.3. The summed E-state index contributed by atoms with van der Waals surface area (Å²) in [5, 5.41) is 2.61. The van der Waals surface area contributed by atoms with Gasteiger partial charge < -0.3 is 19.9 Å². The van der Waals surface area contributed by atoms with E-state index in [1.54, 1.807) is 0 Å². The zero-order valence-electron chi connectivity index (χ0n) is 26.1. The highest BCUT2D eigenvalue weighted by molar-refractivity contribution is 5.74. The second-order valence-electron chi connectivity index (χ2n) is 7.86. The number of benzene rings is 2. The number of carbonyl (C=O) groups is 1. The molecular weight excluding hydrogens is 393 g/mol. The lowest BCUT2D eigenvalue weighted by atomic mass is 10.0. The molecule has 0 atom stereocenters. The molecule has 0 aromatic heterocycles. The van der Waals surface area contributed by atoms with Crippen LogP contribution in [-0.2, 0) is 13.1 Å². The number of likely N-dealkylation sites (tertiary alicyclic amines) is 1. The van der Waals surface area contributed by atoms with E-state index in [-0.39, 0.29) is 73.9 Å². The molecule has 0 unspecified atom stereocenters. The van der Waals surface area contributed by atoms with Gasteiger partial charge in [0.1, 0.15) is 11.6 Å². The molecule has 3 rings (SSSR count). The van der Waals surface area contributed by atoms with Crippen LogP contribution in [0.25, 0.3) is 0 Å². The summed E-state index contributed by atoms with van der Waals surface area (Å²) in [6.07, 6.45) is -0.360. The smallest absolute Gasteiger partial charge is 0.318 e. The van der Waals surface area contributed by atoms with Crippen molar-refractivity contribution in [1.29, 1.82) is 0 Å². The molecule has 2 aromatic rings. The maximum Gasteiger partial charge on any atom is 0.318 e. The summed E-state index contributed by atoms with van der Waals surface area (Å²) in [5.41, 5.74) is 0.494. The van der Waals surface area contributed by atoms with Crippen LogP contribution in [0.5, 0.6) is 5.75 Å². The van der Waals surface area contributed by atoms with Gasteiger partial charge in [-0.3, -0.25) is 0 Å². The molecule has 2 amide bonds. The number of amides is 2. The fourth-order valence-corrected chi connectivity index (χ4v) is 2.99. The summed E-state index contributed by atoms with van der Waals surface area (Å²) < 4.78 is 85.5. The first kappa shape index (κ1) is 14.5. The maximum absolute atomic E-state index is 13.5. The Morgan fingerprint density at radius 1 is 1.23 bits per heavy atom. The predicted molar refractivity (Wildman–Crippen MR) is 121 cm³/mol. The summed E-state index contributed by atoms with van der Waals surface area (Å²) in [7, 11) is 1.34. The molecule has 0 radical (unpaired) electrons. The number of nitrogens with one attached hydrogen (secondary N) is 1. The van der Waals surface area contributed by atoms with Crippen LogP contribution in [0.1, 0.15) is 48.8 Å². The SMILES string of the molecule is [2H]c1c([2H])c(OCC(C)C)c([2H])c([2H])c1CNC(=O)N(Cc1ccc(F)cc1)C1CC([2H])([2H])N(C)C([2H])([2H])C1. The average Bonchev–Trinajstić information content (AvgIpc) is 2.85. The van der Waals surface area contributed by atoms with Gasteiger partial charge in [0.2, 0.25) is 0 Å². The van der Waals surface area contributed by atoms with Crippen LogP contribution in [0, 0.1) is 11.7 Å². The largest absolute Gasteiger partial charge is 0.493 e. The maximum atomic E-state index is 13.5. The third-order valence-corrected chi connectivity index (χ3v) is 4.73. The molecule has 1 heterocycles. The summed E-state index contributed by atoms with van der Waals surface area (Å²) in [4.78, 5) is 15.7. The lowest BCUT2D eigenvalue weighted by Gasteiger charge is -2.37. The van der Waals surface area contributed by atoms with Crippen LogP contribution >= 0.6 is 0 Å². The van der Waals surface area contributed by atoms with Gasteiger partial charge >= 0.3 is 6.03 Å². The molecule has 2 aromatic carbocycles. The minimum Gasteiger partial charge on any atom is -0.493 e. The van der Waals surface area contributed by atoms with Gasteiger partial charge in [-0.1, -0.05) is 38.1 Å². The van der Waals surface area contributed by atoms with Crippen molar-refractivity contribution in [3.05, 3.63) is 65.4 Å². The Kier molecular flexibility index (Phi) is 5.20. The molecule has 1 N–H and O–H groups in total. The van der Waals surface area contributed by atoms with Crippen LogP contribution in [0.3, 0.4) is 0 Å². The van der Waals surface area contributed by atoms with E-state index in [1.165, 1.54) is 36.2 Å². The first-order chi connectivity index (χ1) is 18.0. The zero-order valence-corrected chi connectivity index (χ0v) is 18.1. The first-order valence-electron chi connectivity index (χ1n) is 14.3. The number of hydrogen-bond acceptors (Lipinski definition) is 3. The van der Waals surface area contributed by atoms with E-state index in [2.05, 4.69) is 5.32 Å². The number of halogens is 1. The minimum absolute atomic E-state index is 0.0500. The minimum atomic E-state index is -2.05. The molecule has 168 valence electrons. The number of nitrogens with zero attached hydrogens (tertiary/aromatic N) is 2. The predicted octanol–water partition coefficient (Wildman–Crippen LogP) is 4.67. The second-order valence-corrected chi connectivity index (χ2v) is 7.86. The molecule has 0 saturated carbocycles. The van der Waals surface area contributed by atoms with E-state index in [4.69, 9.17) is 15.7 Å². The van der Waals surface area contributed by atoms with Crippen molar-refractivity contribution in [3.8, 4) is 5.75 Å². The monoisotopic (exact) mass is 435 g/mol. The number of hydrogen-bond donors (Lipinski definition) is 1. The van der Waals surface area contributed by atoms with E-state index in [0.29, 0.717) is 5.56 Å². The van der Waals surface area contributed by atoms with E-state index in [9.17, 15) is 9.18 Å². The van der Waals surface area contributed by atoms with Crippen molar-refractivity contribution >= 4 is 6.03 Å². The topological polar surface area (TPSA) is 44.8 Å². The molecule has 0 spiro atoms. The zero-order chi connectivity index (χ0) is 29.3. The van der Waals surface area contributed by atoms with Crippen LogP contribution in [0.15, 0.2) is 48.4 Å². The molecule has 5 nitrogen and oxygen atoms in total. The van der Waals surface area contributed by atoms with Gasteiger partial charge in [-0.2, -0.15) is 0 Å². The average molecular weight is 436 g/mol. The molecule has 0 aliphatic carbocycles. The Balaban J connectivity index is 1.89. The Labute approximate surface area is 196 Å². The number of ether oxygens (including phenoxy) is 1. The standard InChI is InChI=1S/C25H34FN3O2/c1-19(2)18-31-24-10-6-20(7-11-24)16-27-25(30)29(23-12-14-28(3)15-13-23)17-21-4-8-22(26)9-5-21/h4-11,19,23H,12-18H2,1-3H3,(H,27,30)/i6D,7D,10D,11D,14D2,15D2. The fourth-order valence-electron chi connectivity index (χ4n) is 2.99. The van der Waals surface area contributed by atoms with Crippen molar-refractivity contribution < 1.29 is 24.9 Å². The van der Waals surface area contributed by atoms with Gasteiger partial charge in [-0.25, -0.2) is 9.18 Å². The van der Waals surface area contributed by atoms with E-state index < -0.39 is 30.9 Å². The Morgan fingerprint density at radius 2 is 1.87 bits per heavy atom. The van der Waals surface area contributed by atoms with E-state index in [0.717, 1.165) is 4.90 Å². The Morgan fingerprint density at radius 3 is 2.48 bits per heavy atom. The van der Waals surface area contributed by atoms with Gasteiger partial charge in [-0.05, 0) is 74.1 Å². The third-order valence-electron chi connectivity index (χ3n) is 4.73. The van der Waals surface area contributed by atoms with Gasteiger partial charge in [0.15, 0.2) is 0 Å². The van der Waals surface area contributed by atoms with Crippen LogP contribution < -0.4 is 10.1 Å². The fraction of sp³-hybridized carbons (Fsp3) is 0.480. The van der Waals surface area contributed by atoms with Gasteiger partial charge in [0.05, 0.1) is 12.1 Å². The van der Waals surface area contributed by atoms with Gasteiger partial charge in [0, 0.05) is 24.6 Å². The van der Waals surface area contributed by atoms with Crippen LogP contribution in [0.4, 0.5) is 9.18 Å². The third kappa shape index (κ3) is 7.24. The Bertz CT molecular complexity index is 1150. The lowest BCUT2D eigenvalue weighted by molar-refractivity contribution is 0.127. The summed E-state index contributed by atoms with van der Waals surface area (Å²) in [6.45, 7) is -0.541. The molecule has 1 aliphatic heterocycles. The molecule has 0 bridgehead atoms. The molecule has 6 heteroatoms. The van der Waals surface area contributed by atoms with Gasteiger partial charge in [0.25, 0.3) is 0 Å². The van der Waals surface area contributed by atoms with Crippen molar-refractivity contribution in [1.82, 2.24) is 15.1 Å². The molecular formula is C25H34FN3O2. The quantitative estimate of drug-likeness (QED) is 0.656. The lowest BCUT2D eigenvalue weighted by Crippen LogP contribution is -2.49. The van der Waals surface area contributed by atoms with Crippen molar-refractivity contribution in [3.63, 3.8) is 0 Å². The van der Waals surface area contributed by atoms with Crippen molar-refractivity contribution in [2.24, 2.45) is 5.92 Å².